The number of nitrogens with zero attached hydrogens (tertiary/aromatic N) is 2. The molecule has 0 aliphatic heterocycles. The lowest BCUT2D eigenvalue weighted by Crippen LogP contribution is -2.16. The third-order valence-corrected chi connectivity index (χ3v) is 2.75. The zero-order valence-corrected chi connectivity index (χ0v) is 10.8. The lowest BCUT2D eigenvalue weighted by Gasteiger charge is -2.06. The Labute approximate surface area is 114 Å². The molecular formula is C14H12N4O2. The maximum Gasteiger partial charge on any atom is 0.418 e. The molecule has 6 nitrogen and oxygen atoms in total. The second-order valence-corrected chi connectivity index (χ2v) is 4.29. The van der Waals surface area contributed by atoms with Crippen LogP contribution in [0.2, 0.25) is 0 Å². The normalized spacial score (nSPS) is 10.4. The van der Waals surface area contributed by atoms with Crippen molar-refractivity contribution in [1.29, 1.82) is 0 Å². The molecule has 3 aromatic rings. The number of aromatic amines is 1. The predicted octanol–water partition coefficient (Wildman–Crippen LogP) is 2.88. The summed E-state index contributed by atoms with van der Waals surface area (Å²) >= 11 is 0. The molecule has 6 heteroatoms. The molecule has 0 saturated carbocycles. The van der Waals surface area contributed by atoms with Crippen LogP contribution in [0.5, 0.6) is 5.75 Å². The fourth-order valence-electron chi connectivity index (χ4n) is 1.84. The molecule has 0 radical (unpaired) electrons. The van der Waals surface area contributed by atoms with Crippen LogP contribution in [0.4, 0.5) is 10.6 Å². The number of aromatic nitrogens is 3. The van der Waals surface area contributed by atoms with Gasteiger partial charge in [0.15, 0.2) is 0 Å². The lowest BCUT2D eigenvalue weighted by atomic mass is 10.2. The topological polar surface area (TPSA) is 79.9 Å². The zero-order valence-electron chi connectivity index (χ0n) is 10.8. The van der Waals surface area contributed by atoms with Gasteiger partial charge in [0.05, 0.1) is 11.7 Å². The van der Waals surface area contributed by atoms with Crippen molar-refractivity contribution in [2.75, 3.05) is 5.32 Å². The number of hydrogen-bond acceptors (Lipinski definition) is 4. The number of carbonyl (C=O) groups is 1. The highest BCUT2D eigenvalue weighted by molar-refractivity contribution is 5.86. The molecule has 0 aliphatic rings. The number of ether oxygens (including phenoxy) is 1. The highest BCUT2D eigenvalue weighted by Crippen LogP contribution is 2.20. The van der Waals surface area contributed by atoms with E-state index >= 15 is 0 Å². The van der Waals surface area contributed by atoms with E-state index in [0.717, 1.165) is 16.6 Å². The molecule has 0 bridgehead atoms. The van der Waals surface area contributed by atoms with Crippen LogP contribution in [-0.4, -0.2) is 21.3 Å². The minimum atomic E-state index is -0.575. The van der Waals surface area contributed by atoms with Crippen molar-refractivity contribution in [2.45, 2.75) is 6.92 Å². The minimum Gasteiger partial charge on any atom is -0.410 e. The molecule has 0 unspecified atom stereocenters. The van der Waals surface area contributed by atoms with Gasteiger partial charge in [-0.2, -0.15) is 5.10 Å². The van der Waals surface area contributed by atoms with Gasteiger partial charge in [-0.15, -0.1) is 0 Å². The van der Waals surface area contributed by atoms with Gasteiger partial charge in [0.25, 0.3) is 0 Å². The van der Waals surface area contributed by atoms with E-state index in [2.05, 4.69) is 20.5 Å². The van der Waals surface area contributed by atoms with Crippen LogP contribution in [0.3, 0.4) is 0 Å². The molecule has 2 heterocycles. The van der Waals surface area contributed by atoms with Gasteiger partial charge in [0, 0.05) is 17.1 Å². The van der Waals surface area contributed by atoms with E-state index < -0.39 is 6.09 Å². The molecular weight excluding hydrogens is 256 g/mol. The Morgan fingerprint density at radius 3 is 2.95 bits per heavy atom. The Balaban J connectivity index is 1.77. The molecule has 0 spiro atoms. The zero-order chi connectivity index (χ0) is 13.9. The number of pyridine rings is 1. The quantitative estimate of drug-likeness (QED) is 0.749. The summed E-state index contributed by atoms with van der Waals surface area (Å²) in [7, 11) is 0. The highest BCUT2D eigenvalue weighted by atomic mass is 16.6. The average molecular weight is 268 g/mol. The number of nitrogens with one attached hydrogen (secondary N) is 2. The molecule has 2 N–H and O–H groups in total. The third-order valence-electron chi connectivity index (χ3n) is 2.75. The van der Waals surface area contributed by atoms with Crippen LogP contribution < -0.4 is 10.1 Å². The van der Waals surface area contributed by atoms with Crippen LogP contribution in [0.25, 0.3) is 10.9 Å². The van der Waals surface area contributed by atoms with Crippen molar-refractivity contribution >= 4 is 22.8 Å². The Morgan fingerprint density at radius 1 is 1.25 bits per heavy atom. The molecule has 3 rings (SSSR count). The molecule has 1 aromatic carbocycles. The van der Waals surface area contributed by atoms with Crippen LogP contribution in [-0.2, 0) is 0 Å². The van der Waals surface area contributed by atoms with Gasteiger partial charge in [0.2, 0.25) is 0 Å². The van der Waals surface area contributed by atoms with Crippen LogP contribution in [0.1, 0.15) is 5.69 Å². The molecule has 0 saturated heterocycles. The Hall–Kier alpha value is -2.89. The standard InChI is InChI=1S/C14H12N4O2/c1-9-2-3-10-8-11(4-5-12(10)16-9)20-14(19)17-13-6-7-15-18-13/h2-8H,1H3,(H2,15,17,18,19). The van der Waals surface area contributed by atoms with E-state index in [1.807, 2.05) is 25.1 Å². The first-order valence-electron chi connectivity index (χ1n) is 6.06. The first-order chi connectivity index (χ1) is 9.70. The van der Waals surface area contributed by atoms with Gasteiger partial charge in [-0.3, -0.25) is 15.4 Å². The Kier molecular flexibility index (Phi) is 3.04. The van der Waals surface area contributed by atoms with Gasteiger partial charge in [-0.05, 0) is 31.2 Å². The van der Waals surface area contributed by atoms with E-state index in [-0.39, 0.29) is 0 Å². The molecule has 1 amide bonds. The highest BCUT2D eigenvalue weighted by Gasteiger charge is 2.06. The summed E-state index contributed by atoms with van der Waals surface area (Å²) in [6, 6.07) is 10.8. The third kappa shape index (κ3) is 2.59. The van der Waals surface area contributed by atoms with E-state index in [0.29, 0.717) is 11.6 Å². The second kappa shape index (κ2) is 5.00. The van der Waals surface area contributed by atoms with Gasteiger partial charge in [-0.25, -0.2) is 4.79 Å². The van der Waals surface area contributed by atoms with Crippen LogP contribution in [0, 0.1) is 6.92 Å². The molecule has 0 fully saturated rings. The summed E-state index contributed by atoms with van der Waals surface area (Å²) < 4.78 is 5.20. The predicted molar refractivity (Wildman–Crippen MR) is 74.7 cm³/mol. The number of anilines is 1. The molecule has 0 aliphatic carbocycles. The van der Waals surface area contributed by atoms with E-state index in [9.17, 15) is 4.79 Å². The smallest absolute Gasteiger partial charge is 0.410 e. The van der Waals surface area contributed by atoms with Crippen molar-refractivity contribution in [3.63, 3.8) is 0 Å². The van der Waals surface area contributed by atoms with Gasteiger partial charge in [0.1, 0.15) is 11.6 Å². The number of rotatable bonds is 2. The first-order valence-corrected chi connectivity index (χ1v) is 6.06. The number of hydrogen-bond donors (Lipinski definition) is 2. The van der Waals surface area contributed by atoms with Crippen molar-refractivity contribution < 1.29 is 9.53 Å². The fourth-order valence-corrected chi connectivity index (χ4v) is 1.84. The largest absolute Gasteiger partial charge is 0.418 e. The number of amides is 1. The monoisotopic (exact) mass is 268 g/mol. The number of aryl methyl sites for hydroxylation is 1. The van der Waals surface area contributed by atoms with Gasteiger partial charge < -0.3 is 4.74 Å². The maximum atomic E-state index is 11.7. The minimum absolute atomic E-state index is 0.458. The number of H-pyrrole nitrogens is 1. The molecule has 2 aromatic heterocycles. The molecule has 100 valence electrons. The van der Waals surface area contributed by atoms with Gasteiger partial charge in [-0.1, -0.05) is 6.07 Å². The SMILES string of the molecule is Cc1ccc2cc(OC(=O)Nc3ccn[nH]3)ccc2n1. The molecule has 0 atom stereocenters. The van der Waals surface area contributed by atoms with Crippen molar-refractivity contribution in [1.82, 2.24) is 15.2 Å². The summed E-state index contributed by atoms with van der Waals surface area (Å²) in [5, 5.41) is 9.80. The number of fused-ring (bicyclic) bond motifs is 1. The van der Waals surface area contributed by atoms with Crippen molar-refractivity contribution in [3.8, 4) is 5.75 Å². The fraction of sp³-hybridized carbons (Fsp3) is 0.0714. The van der Waals surface area contributed by atoms with Gasteiger partial charge >= 0.3 is 6.09 Å². The summed E-state index contributed by atoms with van der Waals surface area (Å²) in [5.41, 5.74) is 1.81. The van der Waals surface area contributed by atoms with E-state index in [4.69, 9.17) is 4.74 Å². The maximum absolute atomic E-state index is 11.7. The summed E-state index contributed by atoms with van der Waals surface area (Å²) in [6.07, 6.45) is 0.966. The van der Waals surface area contributed by atoms with Crippen molar-refractivity contribution in [3.05, 3.63) is 48.3 Å². The Bertz CT molecular complexity index is 753. The summed E-state index contributed by atoms with van der Waals surface area (Å²) in [5.74, 6) is 0.938. The van der Waals surface area contributed by atoms with Crippen LogP contribution >= 0.6 is 0 Å². The van der Waals surface area contributed by atoms with Crippen LogP contribution in [0.15, 0.2) is 42.6 Å². The van der Waals surface area contributed by atoms with E-state index in [1.54, 1.807) is 24.4 Å². The summed E-state index contributed by atoms with van der Waals surface area (Å²) in [4.78, 5) is 16.1. The summed E-state index contributed by atoms with van der Waals surface area (Å²) in [6.45, 7) is 1.93. The lowest BCUT2D eigenvalue weighted by molar-refractivity contribution is 0.215. The first kappa shape index (κ1) is 12.2. The van der Waals surface area contributed by atoms with Crippen molar-refractivity contribution in [2.24, 2.45) is 0 Å². The van der Waals surface area contributed by atoms with E-state index in [1.165, 1.54) is 0 Å². The molecule has 20 heavy (non-hydrogen) atoms. The number of carbonyl (C=O) groups excluding carboxylic acids is 1. The average Bonchev–Trinajstić information content (AvgIpc) is 2.91. The second-order valence-electron chi connectivity index (χ2n) is 4.29. The number of benzene rings is 1. The Morgan fingerprint density at radius 2 is 2.15 bits per heavy atom.